The number of benzene rings is 3. The number of fused-ring (bicyclic) bond motifs is 1. The molecule has 0 radical (unpaired) electrons. The first-order valence-electron chi connectivity index (χ1n) is 9.81. The summed E-state index contributed by atoms with van der Waals surface area (Å²) in [4.78, 5) is 23.7. The number of hydrogen-bond acceptors (Lipinski definition) is 5. The summed E-state index contributed by atoms with van der Waals surface area (Å²) in [5.74, 6) is -0.427. The van der Waals surface area contributed by atoms with Crippen LogP contribution in [0.4, 0.5) is 10.1 Å². The predicted molar refractivity (Wildman–Crippen MR) is 137 cm³/mol. The smallest absolute Gasteiger partial charge is 0.266 e. The minimum absolute atomic E-state index is 0.149. The number of carbonyl (C=O) groups is 1. The van der Waals surface area contributed by atoms with Crippen molar-refractivity contribution in [2.75, 3.05) is 4.90 Å². The molecule has 33 heavy (non-hydrogen) atoms. The van der Waals surface area contributed by atoms with Crippen LogP contribution in [0.1, 0.15) is 10.6 Å². The van der Waals surface area contributed by atoms with Crippen molar-refractivity contribution in [1.29, 1.82) is 0 Å². The van der Waals surface area contributed by atoms with Gasteiger partial charge in [-0.1, -0.05) is 65.3 Å². The second kappa shape index (κ2) is 9.27. The normalized spacial score (nSPS) is 15.0. The number of nitrogens with zero attached hydrogens (tertiary/aromatic N) is 3. The number of rotatable bonds is 4. The van der Waals surface area contributed by atoms with Crippen LogP contribution in [0, 0.1) is 5.82 Å². The fourth-order valence-electron chi connectivity index (χ4n) is 3.31. The van der Waals surface area contributed by atoms with Crippen LogP contribution in [0.5, 0.6) is 0 Å². The number of carbonyl (C=O) groups excluding carboxylic acids is 1. The van der Waals surface area contributed by atoms with Gasteiger partial charge in [-0.2, -0.15) is 0 Å². The molecule has 0 fully saturated rings. The first kappa shape index (κ1) is 22.1. The van der Waals surface area contributed by atoms with Crippen LogP contribution in [0.3, 0.4) is 0 Å². The Morgan fingerprint density at radius 3 is 2.61 bits per heavy atom. The molecule has 0 atom stereocenters. The van der Waals surface area contributed by atoms with Gasteiger partial charge in [0.15, 0.2) is 5.17 Å². The molecule has 4 aromatic rings. The van der Waals surface area contributed by atoms with Crippen molar-refractivity contribution < 1.29 is 9.18 Å². The molecule has 0 N–H and O–H groups in total. The van der Waals surface area contributed by atoms with Crippen LogP contribution >= 0.6 is 46.3 Å². The molecule has 0 bridgehead atoms. The molecule has 1 aromatic heterocycles. The number of thioether (sulfide) groups is 1. The van der Waals surface area contributed by atoms with E-state index in [4.69, 9.17) is 23.2 Å². The number of halogens is 3. The van der Waals surface area contributed by atoms with Gasteiger partial charge in [-0.15, -0.1) is 11.3 Å². The summed E-state index contributed by atoms with van der Waals surface area (Å²) in [7, 11) is 0. The Morgan fingerprint density at radius 2 is 1.82 bits per heavy atom. The van der Waals surface area contributed by atoms with Gasteiger partial charge in [-0.25, -0.2) is 14.4 Å². The molecule has 0 aliphatic carbocycles. The third-order valence-electron chi connectivity index (χ3n) is 4.83. The SMILES string of the molecule is O=C1C(=Cc2ccc(Cl)c(Cl)c2)N=C(SCc2nc3ccccc3s2)N1c1ccccc1F. The van der Waals surface area contributed by atoms with E-state index in [2.05, 4.69) is 9.98 Å². The van der Waals surface area contributed by atoms with E-state index in [1.165, 1.54) is 22.7 Å². The summed E-state index contributed by atoms with van der Waals surface area (Å²) in [5.41, 5.74) is 1.93. The monoisotopic (exact) mass is 513 g/mol. The summed E-state index contributed by atoms with van der Waals surface area (Å²) in [6.07, 6.45) is 1.61. The first-order valence-corrected chi connectivity index (χ1v) is 12.4. The lowest BCUT2D eigenvalue weighted by Gasteiger charge is -2.18. The number of hydrogen-bond donors (Lipinski definition) is 0. The molecule has 4 nitrogen and oxygen atoms in total. The maximum Gasteiger partial charge on any atom is 0.283 e. The lowest BCUT2D eigenvalue weighted by molar-refractivity contribution is -0.113. The van der Waals surface area contributed by atoms with E-state index in [9.17, 15) is 9.18 Å². The van der Waals surface area contributed by atoms with Gasteiger partial charge in [0, 0.05) is 0 Å². The number of para-hydroxylation sites is 2. The third kappa shape index (κ3) is 4.54. The van der Waals surface area contributed by atoms with Crippen molar-refractivity contribution in [3.8, 4) is 0 Å². The lowest BCUT2D eigenvalue weighted by atomic mass is 10.2. The third-order valence-corrected chi connectivity index (χ3v) is 7.74. The van der Waals surface area contributed by atoms with E-state index in [1.807, 2.05) is 24.3 Å². The second-order valence-corrected chi connectivity index (χ2v) is 9.93. The molecule has 1 aliphatic rings. The Hall–Kier alpha value is -2.71. The molecule has 164 valence electrons. The van der Waals surface area contributed by atoms with Gasteiger partial charge in [-0.05, 0) is 48.0 Å². The van der Waals surface area contributed by atoms with Crippen LogP contribution in [0.25, 0.3) is 16.3 Å². The van der Waals surface area contributed by atoms with Crippen molar-refractivity contribution in [3.05, 3.63) is 98.9 Å². The summed E-state index contributed by atoms with van der Waals surface area (Å²) < 4.78 is 15.7. The summed E-state index contributed by atoms with van der Waals surface area (Å²) in [5, 5.41) is 2.07. The molecule has 0 unspecified atom stereocenters. The molecule has 5 rings (SSSR count). The van der Waals surface area contributed by atoms with Crippen LogP contribution in [0.2, 0.25) is 10.0 Å². The fourth-order valence-corrected chi connectivity index (χ4v) is 5.58. The zero-order valence-corrected chi connectivity index (χ0v) is 20.0. The van der Waals surface area contributed by atoms with E-state index in [-0.39, 0.29) is 11.4 Å². The molecule has 2 heterocycles. The minimum Gasteiger partial charge on any atom is -0.266 e. The van der Waals surface area contributed by atoms with Crippen molar-refractivity contribution in [2.24, 2.45) is 4.99 Å². The largest absolute Gasteiger partial charge is 0.283 e. The van der Waals surface area contributed by atoms with E-state index in [0.717, 1.165) is 15.2 Å². The molecule has 9 heteroatoms. The predicted octanol–water partition coefficient (Wildman–Crippen LogP) is 7.42. The number of anilines is 1. The van der Waals surface area contributed by atoms with Gasteiger partial charge < -0.3 is 0 Å². The van der Waals surface area contributed by atoms with Gasteiger partial charge in [0.05, 0.1) is 31.7 Å². The highest BCUT2D eigenvalue weighted by molar-refractivity contribution is 8.13. The number of amides is 1. The summed E-state index contributed by atoms with van der Waals surface area (Å²) in [6, 6.07) is 19.1. The van der Waals surface area contributed by atoms with Crippen LogP contribution in [-0.4, -0.2) is 16.1 Å². The van der Waals surface area contributed by atoms with Gasteiger partial charge >= 0.3 is 0 Å². The zero-order chi connectivity index (χ0) is 22.9. The molecule has 0 saturated carbocycles. The topological polar surface area (TPSA) is 45.6 Å². The van der Waals surface area contributed by atoms with Crippen LogP contribution in [0.15, 0.2) is 77.4 Å². The molecule has 3 aromatic carbocycles. The zero-order valence-electron chi connectivity index (χ0n) is 16.8. The highest BCUT2D eigenvalue weighted by Crippen LogP contribution is 2.34. The molecular formula is C24H14Cl2FN3OS2. The number of aliphatic imine (C=N–C) groups is 1. The number of aromatic nitrogens is 1. The summed E-state index contributed by atoms with van der Waals surface area (Å²) >= 11 is 15.0. The van der Waals surface area contributed by atoms with Crippen molar-refractivity contribution in [1.82, 2.24) is 4.98 Å². The summed E-state index contributed by atoms with van der Waals surface area (Å²) in [6.45, 7) is 0. The second-order valence-electron chi connectivity index (χ2n) is 7.05. The molecular weight excluding hydrogens is 500 g/mol. The van der Waals surface area contributed by atoms with Gasteiger partial charge in [0.25, 0.3) is 5.91 Å². The molecule has 0 saturated heterocycles. The first-order chi connectivity index (χ1) is 16.0. The maximum atomic E-state index is 14.6. The standard InChI is InChI=1S/C24H14Cl2FN3OS2/c25-15-10-9-14(11-16(15)26)12-19-23(31)30(20-7-3-1-5-17(20)27)24(29-19)32-13-22-28-18-6-2-4-8-21(18)33-22/h1-12H,13H2. The Kier molecular flexibility index (Phi) is 6.21. The average Bonchev–Trinajstić information content (AvgIpc) is 3.36. The van der Waals surface area contributed by atoms with Crippen LogP contribution < -0.4 is 4.90 Å². The number of thiazole rings is 1. The van der Waals surface area contributed by atoms with Gasteiger partial charge in [-0.3, -0.25) is 9.69 Å². The molecule has 1 aliphatic heterocycles. The van der Waals surface area contributed by atoms with Crippen molar-refractivity contribution >= 4 is 79.4 Å². The highest BCUT2D eigenvalue weighted by Gasteiger charge is 2.33. The number of amidine groups is 1. The highest BCUT2D eigenvalue weighted by atomic mass is 35.5. The van der Waals surface area contributed by atoms with Crippen molar-refractivity contribution in [2.45, 2.75) is 5.75 Å². The average molecular weight is 514 g/mol. The Morgan fingerprint density at radius 1 is 1.03 bits per heavy atom. The Balaban J connectivity index is 1.49. The van der Waals surface area contributed by atoms with E-state index < -0.39 is 11.7 Å². The Labute approximate surface area is 207 Å². The van der Waals surface area contributed by atoms with E-state index in [0.29, 0.717) is 26.5 Å². The van der Waals surface area contributed by atoms with Gasteiger partial charge in [0.1, 0.15) is 16.5 Å². The quantitative estimate of drug-likeness (QED) is 0.266. The molecule has 0 spiro atoms. The lowest BCUT2D eigenvalue weighted by Crippen LogP contribution is -2.31. The fraction of sp³-hybridized carbons (Fsp3) is 0.0417. The van der Waals surface area contributed by atoms with Crippen molar-refractivity contribution in [3.63, 3.8) is 0 Å². The Bertz CT molecular complexity index is 1420. The van der Waals surface area contributed by atoms with E-state index >= 15 is 0 Å². The van der Waals surface area contributed by atoms with Crippen LogP contribution in [-0.2, 0) is 10.5 Å². The van der Waals surface area contributed by atoms with E-state index in [1.54, 1.807) is 53.8 Å². The van der Waals surface area contributed by atoms with Gasteiger partial charge in [0.2, 0.25) is 0 Å². The minimum atomic E-state index is -0.505. The maximum absolute atomic E-state index is 14.6. The molecule has 1 amide bonds.